The molecular weight excluding hydrogens is 262 g/mol. The van der Waals surface area contributed by atoms with Crippen molar-refractivity contribution in [1.82, 2.24) is 14.5 Å². The van der Waals surface area contributed by atoms with E-state index >= 15 is 0 Å². The first-order chi connectivity index (χ1) is 10.2. The fourth-order valence-electron chi connectivity index (χ4n) is 2.46. The number of rotatable bonds is 4. The Balaban J connectivity index is 1.96. The topological polar surface area (TPSA) is 60.0 Å². The van der Waals surface area contributed by atoms with Crippen molar-refractivity contribution in [3.05, 3.63) is 48.4 Å². The van der Waals surface area contributed by atoms with Crippen LogP contribution in [-0.4, -0.2) is 21.1 Å². The summed E-state index contributed by atoms with van der Waals surface area (Å²) in [5, 5.41) is 0. The number of imidazole rings is 1. The van der Waals surface area contributed by atoms with Gasteiger partial charge >= 0.3 is 0 Å². The zero-order valence-electron chi connectivity index (χ0n) is 12.3. The second kappa shape index (κ2) is 5.44. The second-order valence-corrected chi connectivity index (χ2v) is 5.11. The minimum Gasteiger partial charge on any atom is -0.399 e. The standard InChI is InChI=1S/C16H19N5/c1-3-21(10-12-4-6-13(17)7-5-12)16-15-14(8-9-18-16)20(2)11-19-15/h4-9,11H,3,10,17H2,1-2H3. The van der Waals surface area contributed by atoms with Crippen LogP contribution < -0.4 is 10.6 Å². The van der Waals surface area contributed by atoms with Gasteiger partial charge in [-0.05, 0) is 30.7 Å². The quantitative estimate of drug-likeness (QED) is 0.747. The molecule has 0 saturated carbocycles. The summed E-state index contributed by atoms with van der Waals surface area (Å²) < 4.78 is 2.01. The van der Waals surface area contributed by atoms with Crippen molar-refractivity contribution in [2.45, 2.75) is 13.5 Å². The van der Waals surface area contributed by atoms with Crippen LogP contribution in [-0.2, 0) is 13.6 Å². The molecule has 108 valence electrons. The summed E-state index contributed by atoms with van der Waals surface area (Å²) in [6.45, 7) is 3.79. The van der Waals surface area contributed by atoms with Gasteiger partial charge in [0, 0.05) is 32.0 Å². The Labute approximate surface area is 124 Å². The SMILES string of the molecule is CCN(Cc1ccc(N)cc1)c1nccc2c1ncn2C. The molecule has 5 nitrogen and oxygen atoms in total. The summed E-state index contributed by atoms with van der Waals surface area (Å²) in [4.78, 5) is 11.2. The molecule has 0 aliphatic rings. The highest BCUT2D eigenvalue weighted by atomic mass is 15.2. The maximum Gasteiger partial charge on any atom is 0.157 e. The van der Waals surface area contributed by atoms with Crippen molar-refractivity contribution >= 4 is 22.5 Å². The number of nitrogens with two attached hydrogens (primary N) is 1. The molecule has 0 atom stereocenters. The van der Waals surface area contributed by atoms with Gasteiger partial charge in [-0.25, -0.2) is 9.97 Å². The number of aromatic nitrogens is 3. The first-order valence-electron chi connectivity index (χ1n) is 7.04. The minimum atomic E-state index is 0.784. The molecule has 3 rings (SSSR count). The van der Waals surface area contributed by atoms with Gasteiger partial charge in [0.25, 0.3) is 0 Å². The average Bonchev–Trinajstić information content (AvgIpc) is 2.89. The lowest BCUT2D eigenvalue weighted by molar-refractivity contribution is 0.817. The lowest BCUT2D eigenvalue weighted by Crippen LogP contribution is -2.23. The fourth-order valence-corrected chi connectivity index (χ4v) is 2.46. The molecule has 21 heavy (non-hydrogen) atoms. The number of nitrogens with zero attached hydrogens (tertiary/aromatic N) is 4. The Morgan fingerprint density at radius 3 is 2.62 bits per heavy atom. The molecule has 2 N–H and O–H groups in total. The van der Waals surface area contributed by atoms with Gasteiger partial charge in [-0.15, -0.1) is 0 Å². The van der Waals surface area contributed by atoms with E-state index in [9.17, 15) is 0 Å². The molecule has 0 saturated heterocycles. The van der Waals surface area contributed by atoms with Crippen molar-refractivity contribution < 1.29 is 0 Å². The van der Waals surface area contributed by atoms with E-state index in [1.807, 2.05) is 42.3 Å². The monoisotopic (exact) mass is 281 g/mol. The predicted molar refractivity (Wildman–Crippen MR) is 86.1 cm³/mol. The van der Waals surface area contributed by atoms with E-state index in [4.69, 9.17) is 5.73 Å². The van der Waals surface area contributed by atoms with Crippen LogP contribution in [0.5, 0.6) is 0 Å². The highest BCUT2D eigenvalue weighted by Gasteiger charge is 2.13. The molecule has 0 fully saturated rings. The van der Waals surface area contributed by atoms with E-state index < -0.39 is 0 Å². The average molecular weight is 281 g/mol. The normalized spacial score (nSPS) is 11.0. The van der Waals surface area contributed by atoms with Crippen molar-refractivity contribution in [3.8, 4) is 0 Å². The third kappa shape index (κ3) is 2.54. The maximum absolute atomic E-state index is 5.74. The van der Waals surface area contributed by atoms with E-state index in [0.29, 0.717) is 0 Å². The number of hydrogen-bond acceptors (Lipinski definition) is 4. The van der Waals surface area contributed by atoms with Crippen LogP contribution in [0.4, 0.5) is 11.5 Å². The van der Waals surface area contributed by atoms with Crippen LogP contribution in [0.15, 0.2) is 42.9 Å². The molecular formula is C16H19N5. The fraction of sp³-hybridized carbons (Fsp3) is 0.250. The summed E-state index contributed by atoms with van der Waals surface area (Å²) in [6, 6.07) is 9.95. The van der Waals surface area contributed by atoms with Gasteiger partial charge in [0.05, 0.1) is 11.8 Å². The molecule has 1 aromatic carbocycles. The van der Waals surface area contributed by atoms with E-state index in [0.717, 1.165) is 35.6 Å². The summed E-state index contributed by atoms with van der Waals surface area (Å²) in [5.41, 5.74) is 9.77. The Kier molecular flexibility index (Phi) is 3.48. The highest BCUT2D eigenvalue weighted by Crippen LogP contribution is 2.24. The summed E-state index contributed by atoms with van der Waals surface area (Å²) in [5.74, 6) is 0.924. The largest absolute Gasteiger partial charge is 0.399 e. The molecule has 2 heterocycles. The van der Waals surface area contributed by atoms with Crippen molar-refractivity contribution in [1.29, 1.82) is 0 Å². The van der Waals surface area contributed by atoms with E-state index in [1.165, 1.54) is 5.56 Å². The molecule has 0 bridgehead atoms. The van der Waals surface area contributed by atoms with Gasteiger partial charge < -0.3 is 15.2 Å². The second-order valence-electron chi connectivity index (χ2n) is 5.11. The van der Waals surface area contributed by atoms with Crippen LogP contribution in [0, 0.1) is 0 Å². The summed E-state index contributed by atoms with van der Waals surface area (Å²) in [7, 11) is 2.00. The molecule has 2 aromatic heterocycles. The Hall–Kier alpha value is -2.56. The van der Waals surface area contributed by atoms with Gasteiger partial charge in [0.15, 0.2) is 5.82 Å². The van der Waals surface area contributed by atoms with Crippen molar-refractivity contribution in [2.75, 3.05) is 17.2 Å². The number of benzene rings is 1. The summed E-state index contributed by atoms with van der Waals surface area (Å²) in [6.07, 6.45) is 3.66. The van der Waals surface area contributed by atoms with E-state index in [1.54, 1.807) is 0 Å². The van der Waals surface area contributed by atoms with Gasteiger partial charge in [0.1, 0.15) is 5.52 Å². The van der Waals surface area contributed by atoms with Crippen LogP contribution in [0.2, 0.25) is 0 Å². The van der Waals surface area contributed by atoms with Crippen molar-refractivity contribution in [2.24, 2.45) is 7.05 Å². The van der Waals surface area contributed by atoms with Crippen LogP contribution in [0.25, 0.3) is 11.0 Å². The maximum atomic E-state index is 5.74. The van der Waals surface area contributed by atoms with E-state index in [2.05, 4.69) is 33.9 Å². The molecule has 0 unspecified atom stereocenters. The number of fused-ring (bicyclic) bond motifs is 1. The predicted octanol–water partition coefficient (Wildman–Crippen LogP) is 2.58. The number of nitrogen functional groups attached to an aromatic ring is 1. The van der Waals surface area contributed by atoms with Crippen LogP contribution in [0.3, 0.4) is 0 Å². The molecule has 5 heteroatoms. The van der Waals surface area contributed by atoms with Crippen molar-refractivity contribution in [3.63, 3.8) is 0 Å². The highest BCUT2D eigenvalue weighted by molar-refractivity contribution is 5.86. The molecule has 0 aliphatic carbocycles. The van der Waals surface area contributed by atoms with Gasteiger partial charge in [-0.1, -0.05) is 12.1 Å². The zero-order valence-corrected chi connectivity index (χ0v) is 12.3. The summed E-state index contributed by atoms with van der Waals surface area (Å²) >= 11 is 0. The first kappa shape index (κ1) is 13.4. The van der Waals surface area contributed by atoms with Gasteiger partial charge in [0.2, 0.25) is 0 Å². The minimum absolute atomic E-state index is 0.784. The zero-order chi connectivity index (χ0) is 14.8. The molecule has 0 radical (unpaired) electrons. The Bertz CT molecular complexity index is 745. The Morgan fingerprint density at radius 1 is 1.14 bits per heavy atom. The molecule has 3 aromatic rings. The molecule has 0 amide bonds. The van der Waals surface area contributed by atoms with Crippen LogP contribution >= 0.6 is 0 Å². The van der Waals surface area contributed by atoms with Crippen LogP contribution in [0.1, 0.15) is 12.5 Å². The lowest BCUT2D eigenvalue weighted by Gasteiger charge is -2.22. The lowest BCUT2D eigenvalue weighted by atomic mass is 10.2. The number of pyridine rings is 1. The van der Waals surface area contributed by atoms with E-state index in [-0.39, 0.29) is 0 Å². The number of anilines is 2. The Morgan fingerprint density at radius 2 is 1.90 bits per heavy atom. The smallest absolute Gasteiger partial charge is 0.157 e. The van der Waals surface area contributed by atoms with Gasteiger partial charge in [-0.3, -0.25) is 0 Å². The molecule has 0 spiro atoms. The number of hydrogen-bond donors (Lipinski definition) is 1. The third-order valence-electron chi connectivity index (χ3n) is 3.66. The number of aryl methyl sites for hydroxylation is 1. The molecule has 0 aliphatic heterocycles. The first-order valence-corrected chi connectivity index (χ1v) is 7.04. The van der Waals surface area contributed by atoms with Gasteiger partial charge in [-0.2, -0.15) is 0 Å². The third-order valence-corrected chi connectivity index (χ3v) is 3.66.